The van der Waals surface area contributed by atoms with Crippen LogP contribution in [-0.4, -0.2) is 48.5 Å². The second-order valence-corrected chi connectivity index (χ2v) is 8.10. The molecule has 0 heterocycles. The average molecular weight is 723 g/mol. The largest absolute Gasteiger partial charge is 4.00 e. The van der Waals surface area contributed by atoms with E-state index in [1.165, 1.54) is 0 Å². The second kappa shape index (κ2) is 25.3. The summed E-state index contributed by atoms with van der Waals surface area (Å²) >= 11 is 0. The maximum absolute atomic E-state index is 9.84. The molecule has 13 heteroatoms. The van der Waals surface area contributed by atoms with Crippen LogP contribution in [0.2, 0.25) is 0 Å². The van der Waals surface area contributed by atoms with E-state index in [1.54, 1.807) is 48.5 Å². The minimum atomic E-state index is -1.49. The Balaban J connectivity index is 0.000000569. The molecule has 0 fully saturated rings. The number of carbonyl (C=O) groups is 4. The molecule has 0 aromatic heterocycles. The Labute approximate surface area is 276 Å². The Hall–Kier alpha value is -5.24. The molecule has 0 saturated heterocycles. The maximum atomic E-state index is 9.84. The third-order valence-corrected chi connectivity index (χ3v) is 4.80. The third-order valence-electron chi connectivity index (χ3n) is 4.80. The summed E-state index contributed by atoms with van der Waals surface area (Å²) in [5, 5.41) is 39.4. The molecular weight excluding hydrogens is 695 g/mol. The van der Waals surface area contributed by atoms with Gasteiger partial charge in [-0.05, 0) is 22.3 Å². The van der Waals surface area contributed by atoms with Gasteiger partial charge in [-0.1, -0.05) is 121 Å². The van der Waals surface area contributed by atoms with Gasteiger partial charge in [0.25, 0.3) is 24.6 Å². The zero-order valence-electron chi connectivity index (χ0n) is 23.8. The molecule has 0 N–H and O–H groups in total. The summed E-state index contributed by atoms with van der Waals surface area (Å²) in [5.74, 6) is 0. The van der Waals surface area contributed by atoms with Gasteiger partial charge in [-0.15, -0.1) is 0 Å². The van der Waals surface area contributed by atoms with E-state index in [2.05, 4.69) is 18.9 Å². The zero-order chi connectivity index (χ0) is 32.4. The van der Waals surface area contributed by atoms with Gasteiger partial charge in [0.1, 0.15) is 0 Å². The molecule has 4 aromatic rings. The van der Waals surface area contributed by atoms with Gasteiger partial charge in [-0.3, -0.25) is 0 Å². The van der Waals surface area contributed by atoms with Crippen molar-refractivity contribution in [3.63, 3.8) is 0 Å². The van der Waals surface area contributed by atoms with Gasteiger partial charge in [0.05, 0.1) is 26.4 Å². The fourth-order valence-electron chi connectivity index (χ4n) is 2.87. The van der Waals surface area contributed by atoms with Crippen molar-refractivity contribution in [2.45, 2.75) is 26.4 Å². The summed E-state index contributed by atoms with van der Waals surface area (Å²) in [7, 11) is 0. The van der Waals surface area contributed by atoms with Crippen molar-refractivity contribution in [2.75, 3.05) is 0 Å². The maximum Gasteiger partial charge on any atom is 4.00 e. The molecular formula is C32H28O12Sn. The number of rotatable bonds is 8. The van der Waals surface area contributed by atoms with Crippen LogP contribution in [0.5, 0.6) is 0 Å². The van der Waals surface area contributed by atoms with Gasteiger partial charge in [0.15, 0.2) is 0 Å². The SMILES string of the molecule is O=C([O-])OCc1ccccc1.O=C([O-])OCc1ccccc1.O=C([O-])OCc1ccccc1.O=C([O-])OCc1ccccc1.[Sn+4]. The quantitative estimate of drug-likeness (QED) is 0.145. The first kappa shape index (κ1) is 39.8. The van der Waals surface area contributed by atoms with Gasteiger partial charge in [0, 0.05) is 0 Å². The van der Waals surface area contributed by atoms with Crippen LogP contribution >= 0.6 is 0 Å². The van der Waals surface area contributed by atoms with Crippen molar-refractivity contribution in [1.82, 2.24) is 0 Å². The molecule has 0 bridgehead atoms. The summed E-state index contributed by atoms with van der Waals surface area (Å²) in [5.41, 5.74) is 3.27. The van der Waals surface area contributed by atoms with E-state index >= 15 is 0 Å². The number of hydrogen-bond donors (Lipinski definition) is 0. The van der Waals surface area contributed by atoms with Crippen molar-refractivity contribution < 1.29 is 58.6 Å². The molecule has 0 aliphatic carbocycles. The van der Waals surface area contributed by atoms with Crippen molar-refractivity contribution in [3.8, 4) is 0 Å². The molecule has 45 heavy (non-hydrogen) atoms. The van der Waals surface area contributed by atoms with E-state index in [4.69, 9.17) is 0 Å². The van der Waals surface area contributed by atoms with E-state index < -0.39 is 24.6 Å². The molecule has 12 nitrogen and oxygen atoms in total. The number of carbonyl (C=O) groups excluding carboxylic acids is 4. The standard InChI is InChI=1S/4C8H8O3.Sn/c4*9-8(10)11-6-7-4-2-1-3-5-7;/h4*1-5H,6H2,(H,9,10);/q;;;;+4/p-4. The molecule has 4 aromatic carbocycles. The second-order valence-electron chi connectivity index (χ2n) is 8.10. The predicted octanol–water partition coefficient (Wildman–Crippen LogP) is 1.81. The summed E-state index contributed by atoms with van der Waals surface area (Å²) in [6, 6.07) is 36.2. The van der Waals surface area contributed by atoms with E-state index in [0.29, 0.717) is 0 Å². The normalized spacial score (nSPS) is 8.89. The van der Waals surface area contributed by atoms with E-state index in [-0.39, 0.29) is 50.3 Å². The Morgan fingerprint density at radius 2 is 0.511 bits per heavy atom. The smallest absolute Gasteiger partial charge is 0.545 e. The van der Waals surface area contributed by atoms with Crippen LogP contribution in [-0.2, 0) is 45.4 Å². The van der Waals surface area contributed by atoms with Gasteiger partial charge >= 0.3 is 23.9 Å². The minimum Gasteiger partial charge on any atom is -0.545 e. The fraction of sp³-hybridized carbons (Fsp3) is 0.125. The minimum absolute atomic E-state index is 0. The Morgan fingerprint density at radius 1 is 0.356 bits per heavy atom. The number of benzene rings is 4. The molecule has 232 valence electrons. The molecule has 0 amide bonds. The van der Waals surface area contributed by atoms with Crippen LogP contribution < -0.4 is 20.4 Å². The van der Waals surface area contributed by atoms with Gasteiger partial charge in [-0.25, -0.2) is 0 Å². The van der Waals surface area contributed by atoms with Crippen LogP contribution in [0.3, 0.4) is 0 Å². The Morgan fingerprint density at radius 3 is 0.644 bits per heavy atom. The van der Waals surface area contributed by atoms with Gasteiger partial charge in [0.2, 0.25) is 0 Å². The van der Waals surface area contributed by atoms with Crippen LogP contribution in [0, 0.1) is 0 Å². The molecule has 4 rings (SSSR count). The third kappa shape index (κ3) is 24.0. The van der Waals surface area contributed by atoms with E-state index in [0.717, 1.165) is 22.3 Å². The molecule has 0 unspecified atom stereocenters. The van der Waals surface area contributed by atoms with Crippen molar-refractivity contribution >= 4 is 48.5 Å². The first-order valence-electron chi connectivity index (χ1n) is 12.7. The first-order valence-corrected chi connectivity index (χ1v) is 12.7. The molecule has 0 radical (unpaired) electrons. The van der Waals surface area contributed by atoms with Crippen LogP contribution in [0.4, 0.5) is 19.2 Å². The fourth-order valence-corrected chi connectivity index (χ4v) is 2.87. The van der Waals surface area contributed by atoms with E-state index in [1.807, 2.05) is 72.8 Å². The zero-order valence-corrected chi connectivity index (χ0v) is 26.6. The summed E-state index contributed by atoms with van der Waals surface area (Å²) in [4.78, 5) is 39.4. The predicted molar refractivity (Wildman–Crippen MR) is 152 cm³/mol. The van der Waals surface area contributed by atoms with E-state index in [9.17, 15) is 39.6 Å². The van der Waals surface area contributed by atoms with Crippen LogP contribution in [0.15, 0.2) is 121 Å². The summed E-state index contributed by atoms with van der Waals surface area (Å²) in [6.45, 7) is 0.235. The van der Waals surface area contributed by atoms with Crippen LogP contribution in [0.25, 0.3) is 0 Å². The Bertz CT molecular complexity index is 1140. The Kier molecular flexibility index (Phi) is 22.3. The topological polar surface area (TPSA) is 197 Å². The summed E-state index contributed by atoms with van der Waals surface area (Å²) in [6.07, 6.45) is -5.97. The molecule has 0 saturated carbocycles. The van der Waals surface area contributed by atoms with Gasteiger partial charge < -0.3 is 58.6 Å². The molecule has 0 aliphatic heterocycles. The molecule has 0 atom stereocenters. The van der Waals surface area contributed by atoms with Crippen molar-refractivity contribution in [3.05, 3.63) is 144 Å². The average Bonchev–Trinajstić information content (AvgIpc) is 3.04. The van der Waals surface area contributed by atoms with Gasteiger partial charge in [-0.2, -0.15) is 0 Å². The number of hydrogen-bond acceptors (Lipinski definition) is 12. The van der Waals surface area contributed by atoms with Crippen LogP contribution in [0.1, 0.15) is 22.3 Å². The molecule has 0 aliphatic rings. The van der Waals surface area contributed by atoms with Crippen molar-refractivity contribution in [1.29, 1.82) is 0 Å². The summed E-state index contributed by atoms with van der Waals surface area (Å²) < 4.78 is 16.9. The van der Waals surface area contributed by atoms with Crippen molar-refractivity contribution in [2.24, 2.45) is 0 Å². The number of carboxylic acid groups (broad SMARTS) is 4. The molecule has 0 spiro atoms. The first-order chi connectivity index (χ1) is 21.2. The number of ether oxygens (including phenoxy) is 4. The monoisotopic (exact) mass is 724 g/mol.